The molecule has 0 atom stereocenters. The fourth-order valence-electron chi connectivity index (χ4n) is 2.95. The van der Waals surface area contributed by atoms with Crippen LogP contribution in [0, 0.1) is 0 Å². The minimum Gasteiger partial charge on any atom is -0.477 e. The van der Waals surface area contributed by atoms with E-state index in [4.69, 9.17) is 32.0 Å². The number of rotatable bonds is 9. The summed E-state index contributed by atoms with van der Waals surface area (Å²) in [5.74, 6) is 2.22. The molecule has 1 aliphatic carbocycles. The van der Waals surface area contributed by atoms with Crippen molar-refractivity contribution in [2.45, 2.75) is 65.2 Å². The van der Waals surface area contributed by atoms with Gasteiger partial charge in [-0.15, -0.1) is 0 Å². The lowest BCUT2D eigenvalue weighted by molar-refractivity contribution is 0.293. The Morgan fingerprint density at radius 1 is 1.11 bits per heavy atom. The van der Waals surface area contributed by atoms with Crippen LogP contribution in [0.3, 0.4) is 0 Å². The number of hydrogen-bond donors (Lipinski definition) is 1. The van der Waals surface area contributed by atoms with Crippen LogP contribution in [0.4, 0.5) is 0 Å². The van der Waals surface area contributed by atoms with Gasteiger partial charge < -0.3 is 10.5 Å². The second-order valence-corrected chi connectivity index (χ2v) is 6.99. The first-order chi connectivity index (χ1) is 13.2. The number of benzene rings is 1. The van der Waals surface area contributed by atoms with Crippen LogP contribution >= 0.6 is 11.6 Å². The Labute approximate surface area is 168 Å². The number of aromatic nitrogens is 2. The zero-order valence-electron chi connectivity index (χ0n) is 16.8. The van der Waals surface area contributed by atoms with Crippen LogP contribution in [0.2, 0.25) is 5.02 Å². The second-order valence-electron chi connectivity index (χ2n) is 6.56. The number of halogens is 1. The lowest BCUT2D eigenvalue weighted by atomic mass is 10.1. The molecule has 148 valence electrons. The molecule has 0 unspecified atom stereocenters. The SMILES string of the molecule is CC.CCc1nc(C2CC2)nc(OCCCc2ccc(Cl)cc2)c1CCN. The number of aryl methyl sites for hydroxylation is 2. The van der Waals surface area contributed by atoms with Crippen molar-refractivity contribution in [2.75, 3.05) is 13.2 Å². The highest BCUT2D eigenvalue weighted by Gasteiger charge is 2.28. The Kier molecular flexibility index (Phi) is 9.02. The highest BCUT2D eigenvalue weighted by Crippen LogP contribution is 2.39. The molecule has 0 aliphatic heterocycles. The average molecular weight is 390 g/mol. The molecular formula is C22H32ClN3O. The molecule has 4 nitrogen and oxygen atoms in total. The van der Waals surface area contributed by atoms with Crippen LogP contribution in [0.5, 0.6) is 5.88 Å². The topological polar surface area (TPSA) is 61.0 Å². The van der Waals surface area contributed by atoms with Gasteiger partial charge in [0.1, 0.15) is 5.82 Å². The van der Waals surface area contributed by atoms with E-state index in [1.165, 1.54) is 18.4 Å². The van der Waals surface area contributed by atoms with Gasteiger partial charge in [-0.2, -0.15) is 4.98 Å². The molecule has 0 saturated heterocycles. The summed E-state index contributed by atoms with van der Waals surface area (Å²) in [5, 5.41) is 0.770. The van der Waals surface area contributed by atoms with E-state index >= 15 is 0 Å². The fourth-order valence-corrected chi connectivity index (χ4v) is 3.08. The van der Waals surface area contributed by atoms with Crippen molar-refractivity contribution >= 4 is 11.6 Å². The molecule has 2 N–H and O–H groups in total. The third kappa shape index (κ3) is 6.47. The summed E-state index contributed by atoms with van der Waals surface area (Å²) in [6.45, 7) is 7.36. The lowest BCUT2D eigenvalue weighted by Crippen LogP contribution is -2.13. The van der Waals surface area contributed by atoms with Crippen LogP contribution in [0.25, 0.3) is 0 Å². The highest BCUT2D eigenvalue weighted by atomic mass is 35.5. The van der Waals surface area contributed by atoms with E-state index in [0.29, 0.717) is 19.1 Å². The van der Waals surface area contributed by atoms with Gasteiger partial charge in [-0.3, -0.25) is 0 Å². The maximum Gasteiger partial charge on any atom is 0.220 e. The van der Waals surface area contributed by atoms with Gasteiger partial charge in [0.25, 0.3) is 0 Å². The number of ether oxygens (including phenoxy) is 1. The normalized spacial score (nSPS) is 13.1. The molecule has 1 heterocycles. The van der Waals surface area contributed by atoms with Crippen molar-refractivity contribution in [3.8, 4) is 5.88 Å². The van der Waals surface area contributed by atoms with Crippen LogP contribution in [-0.4, -0.2) is 23.1 Å². The molecule has 0 bridgehead atoms. The molecule has 5 heteroatoms. The Morgan fingerprint density at radius 3 is 2.41 bits per heavy atom. The molecule has 2 aromatic rings. The zero-order chi connectivity index (χ0) is 19.6. The maximum absolute atomic E-state index is 6.06. The van der Waals surface area contributed by atoms with Crippen LogP contribution in [0.15, 0.2) is 24.3 Å². The molecule has 1 fully saturated rings. The summed E-state index contributed by atoms with van der Waals surface area (Å²) in [6.07, 6.45) is 5.93. The Balaban J connectivity index is 0.00000126. The number of hydrogen-bond acceptors (Lipinski definition) is 4. The van der Waals surface area contributed by atoms with Crippen LogP contribution in [-0.2, 0) is 19.3 Å². The van der Waals surface area contributed by atoms with E-state index in [2.05, 4.69) is 19.1 Å². The van der Waals surface area contributed by atoms with E-state index in [1.54, 1.807) is 0 Å². The van der Waals surface area contributed by atoms with E-state index in [-0.39, 0.29) is 0 Å². The van der Waals surface area contributed by atoms with Gasteiger partial charge in [0.05, 0.1) is 12.3 Å². The van der Waals surface area contributed by atoms with E-state index < -0.39 is 0 Å². The summed E-state index contributed by atoms with van der Waals surface area (Å²) < 4.78 is 6.06. The van der Waals surface area contributed by atoms with Gasteiger partial charge in [-0.1, -0.05) is 44.5 Å². The van der Waals surface area contributed by atoms with Crippen molar-refractivity contribution < 1.29 is 4.74 Å². The predicted octanol–water partition coefficient (Wildman–Crippen LogP) is 5.11. The molecule has 3 rings (SSSR count). The quantitative estimate of drug-likeness (QED) is 0.605. The summed E-state index contributed by atoms with van der Waals surface area (Å²) in [4.78, 5) is 9.47. The first kappa shape index (κ1) is 21.6. The molecule has 1 aliphatic rings. The van der Waals surface area contributed by atoms with E-state index in [0.717, 1.165) is 53.7 Å². The van der Waals surface area contributed by atoms with Crippen molar-refractivity contribution in [1.82, 2.24) is 9.97 Å². The molecule has 0 amide bonds. The molecule has 0 spiro atoms. The van der Waals surface area contributed by atoms with Gasteiger partial charge in [-0.05, 0) is 62.8 Å². The first-order valence-corrected chi connectivity index (χ1v) is 10.6. The van der Waals surface area contributed by atoms with Crippen molar-refractivity contribution in [3.63, 3.8) is 0 Å². The van der Waals surface area contributed by atoms with Crippen LogP contribution in [0.1, 0.15) is 68.6 Å². The van der Waals surface area contributed by atoms with Crippen molar-refractivity contribution in [2.24, 2.45) is 5.73 Å². The summed E-state index contributed by atoms with van der Waals surface area (Å²) in [5.41, 5.74) is 9.23. The van der Waals surface area contributed by atoms with Crippen molar-refractivity contribution in [3.05, 3.63) is 51.9 Å². The summed E-state index contributed by atoms with van der Waals surface area (Å²) in [7, 11) is 0. The Bertz CT molecular complexity index is 699. The molecular weight excluding hydrogens is 358 g/mol. The fraction of sp³-hybridized carbons (Fsp3) is 0.545. The largest absolute Gasteiger partial charge is 0.477 e. The predicted molar refractivity (Wildman–Crippen MR) is 113 cm³/mol. The maximum atomic E-state index is 6.06. The minimum absolute atomic E-state index is 0.522. The number of nitrogens with zero attached hydrogens (tertiary/aromatic N) is 2. The Hall–Kier alpha value is -1.65. The smallest absolute Gasteiger partial charge is 0.220 e. The van der Waals surface area contributed by atoms with Gasteiger partial charge in [0.15, 0.2) is 0 Å². The molecule has 1 aromatic heterocycles. The zero-order valence-corrected chi connectivity index (χ0v) is 17.6. The third-order valence-electron chi connectivity index (χ3n) is 4.51. The van der Waals surface area contributed by atoms with Gasteiger partial charge in [0, 0.05) is 16.5 Å². The molecule has 0 radical (unpaired) electrons. The monoisotopic (exact) mass is 389 g/mol. The van der Waals surface area contributed by atoms with E-state index in [9.17, 15) is 0 Å². The molecule has 1 saturated carbocycles. The Morgan fingerprint density at radius 2 is 1.81 bits per heavy atom. The van der Waals surface area contributed by atoms with Crippen LogP contribution < -0.4 is 10.5 Å². The lowest BCUT2D eigenvalue weighted by Gasteiger charge is -2.15. The second kappa shape index (κ2) is 11.3. The van der Waals surface area contributed by atoms with Gasteiger partial charge >= 0.3 is 0 Å². The van der Waals surface area contributed by atoms with Gasteiger partial charge in [0.2, 0.25) is 5.88 Å². The van der Waals surface area contributed by atoms with Gasteiger partial charge in [-0.25, -0.2) is 4.98 Å². The minimum atomic E-state index is 0.522. The average Bonchev–Trinajstić information content (AvgIpc) is 3.54. The standard InChI is InChI=1S/C20H26ClN3O.C2H6/c1-2-18-17(11-12-22)20(24-19(23-18)15-7-8-15)25-13-3-4-14-5-9-16(21)10-6-14;1-2/h5-6,9-10,15H,2-4,7-8,11-13,22H2,1H3;1-2H3. The summed E-state index contributed by atoms with van der Waals surface area (Å²) in [6, 6.07) is 7.98. The van der Waals surface area contributed by atoms with E-state index in [1.807, 2.05) is 26.0 Å². The third-order valence-corrected chi connectivity index (χ3v) is 4.76. The first-order valence-electron chi connectivity index (χ1n) is 10.2. The summed E-state index contributed by atoms with van der Waals surface area (Å²) >= 11 is 5.92. The molecule has 1 aromatic carbocycles. The molecule has 27 heavy (non-hydrogen) atoms. The van der Waals surface area contributed by atoms with Crippen molar-refractivity contribution in [1.29, 1.82) is 0 Å². The number of nitrogens with two attached hydrogens (primary N) is 1. The highest BCUT2D eigenvalue weighted by molar-refractivity contribution is 6.30.